The molecule has 13 heteroatoms. The zero-order valence-corrected chi connectivity index (χ0v) is 32.9. The van der Waals surface area contributed by atoms with Crippen molar-refractivity contribution in [1.82, 2.24) is 30.7 Å². The van der Waals surface area contributed by atoms with Gasteiger partial charge in [-0.15, -0.1) is 12.4 Å². The van der Waals surface area contributed by atoms with Gasteiger partial charge in [-0.3, -0.25) is 0 Å². The summed E-state index contributed by atoms with van der Waals surface area (Å²) in [5.74, 6) is 0.511. The number of hydrogen-bond acceptors (Lipinski definition) is 8. The number of hydrogen-bond donors (Lipinski definition) is 6. The van der Waals surface area contributed by atoms with Crippen molar-refractivity contribution in [3.63, 3.8) is 0 Å². The predicted octanol–water partition coefficient (Wildman–Crippen LogP) is 5.45. The van der Waals surface area contributed by atoms with Crippen LogP contribution in [0.25, 0.3) is 0 Å². The van der Waals surface area contributed by atoms with Gasteiger partial charge in [0.05, 0.1) is 11.5 Å². The first-order valence-corrected chi connectivity index (χ1v) is 22.4. The van der Waals surface area contributed by atoms with Crippen molar-refractivity contribution in [2.75, 3.05) is 77.0 Å². The molecular weight excluding hydrogens is 656 g/mol. The third-order valence-corrected chi connectivity index (χ3v) is 11.0. The van der Waals surface area contributed by atoms with E-state index in [2.05, 4.69) is 44.6 Å². The van der Waals surface area contributed by atoms with Crippen LogP contribution in [-0.2, 0) is 20.0 Å². The van der Waals surface area contributed by atoms with E-state index >= 15 is 0 Å². The van der Waals surface area contributed by atoms with Crippen molar-refractivity contribution in [2.24, 2.45) is 0 Å². The Morgan fingerprint density at radius 1 is 0.319 bits per heavy atom. The summed E-state index contributed by atoms with van der Waals surface area (Å²) < 4.78 is 53.6. The standard InChI is InChI=1S/C34H76N6O4S2.ClH/c1-3-5-7-9-13-17-33-45(41,42)39-31-21-29-37-27-19-25-35-23-15-11-12-16-24-36-26-20-28-38-30-22-32-40-46(43,44)34-18-14-10-8-6-4-2;/h35-40H,3-34H2,1-2H3;1H. The molecule has 0 saturated heterocycles. The summed E-state index contributed by atoms with van der Waals surface area (Å²) in [6.45, 7) is 13.2. The minimum atomic E-state index is -3.12. The molecule has 0 aliphatic heterocycles. The summed E-state index contributed by atoms with van der Waals surface area (Å²) in [5, 5.41) is 13.9. The van der Waals surface area contributed by atoms with Crippen LogP contribution < -0.4 is 30.7 Å². The number of halogens is 1. The van der Waals surface area contributed by atoms with Crippen LogP contribution in [0.4, 0.5) is 0 Å². The first kappa shape index (κ1) is 49.1. The van der Waals surface area contributed by atoms with Gasteiger partial charge in [0.25, 0.3) is 0 Å². The van der Waals surface area contributed by atoms with Crippen LogP contribution in [0.5, 0.6) is 0 Å². The van der Waals surface area contributed by atoms with Gasteiger partial charge in [0.1, 0.15) is 0 Å². The summed E-state index contributed by atoms with van der Waals surface area (Å²) in [7, 11) is -6.23. The lowest BCUT2D eigenvalue weighted by Gasteiger charge is -2.09. The SMILES string of the molecule is CCCCCCCCS(=O)(=O)NCCCNCCCNCCCCCCNCCCNCCCNS(=O)(=O)CCCCCCCC.Cl. The van der Waals surface area contributed by atoms with E-state index in [4.69, 9.17) is 0 Å². The van der Waals surface area contributed by atoms with E-state index in [0.29, 0.717) is 13.1 Å². The largest absolute Gasteiger partial charge is 0.317 e. The number of sulfonamides is 2. The van der Waals surface area contributed by atoms with Crippen LogP contribution in [0.3, 0.4) is 0 Å². The van der Waals surface area contributed by atoms with Crippen LogP contribution in [0.2, 0.25) is 0 Å². The quantitative estimate of drug-likeness (QED) is 0.0459. The van der Waals surface area contributed by atoms with Gasteiger partial charge in [0.15, 0.2) is 0 Å². The smallest absolute Gasteiger partial charge is 0.211 e. The maximum atomic E-state index is 12.0. The first-order valence-electron chi connectivity index (χ1n) is 19.1. The summed E-state index contributed by atoms with van der Waals surface area (Å²) in [6.07, 6.45) is 21.9. The fourth-order valence-corrected chi connectivity index (χ4v) is 7.57. The summed E-state index contributed by atoms with van der Waals surface area (Å²) >= 11 is 0. The molecule has 6 N–H and O–H groups in total. The van der Waals surface area contributed by atoms with Gasteiger partial charge in [0.2, 0.25) is 20.0 Å². The Morgan fingerprint density at radius 2 is 0.574 bits per heavy atom. The van der Waals surface area contributed by atoms with Crippen molar-refractivity contribution in [2.45, 2.75) is 142 Å². The topological polar surface area (TPSA) is 140 Å². The minimum Gasteiger partial charge on any atom is -0.317 e. The third-order valence-electron chi connectivity index (χ3n) is 8.11. The molecule has 0 spiro atoms. The average Bonchev–Trinajstić information content (AvgIpc) is 3.02. The number of rotatable bonds is 39. The van der Waals surface area contributed by atoms with Gasteiger partial charge < -0.3 is 21.3 Å². The molecule has 47 heavy (non-hydrogen) atoms. The molecule has 0 saturated carbocycles. The monoisotopic (exact) mass is 733 g/mol. The van der Waals surface area contributed by atoms with Crippen molar-refractivity contribution >= 4 is 32.5 Å². The number of unbranched alkanes of at least 4 members (excludes halogenated alkanes) is 13. The van der Waals surface area contributed by atoms with Gasteiger partial charge >= 0.3 is 0 Å². The van der Waals surface area contributed by atoms with Gasteiger partial charge in [-0.2, -0.15) is 0 Å². The zero-order valence-electron chi connectivity index (χ0n) is 30.5. The van der Waals surface area contributed by atoms with E-state index in [0.717, 1.165) is 117 Å². The Balaban J connectivity index is 0. The van der Waals surface area contributed by atoms with E-state index in [9.17, 15) is 16.8 Å². The second-order valence-electron chi connectivity index (χ2n) is 12.8. The zero-order chi connectivity index (χ0) is 33.9. The Labute approximate surface area is 298 Å². The van der Waals surface area contributed by atoms with Crippen LogP contribution in [0.15, 0.2) is 0 Å². The Bertz CT molecular complexity index is 770. The molecule has 0 bridgehead atoms. The molecule has 0 radical (unpaired) electrons. The van der Waals surface area contributed by atoms with Crippen molar-refractivity contribution < 1.29 is 16.8 Å². The predicted molar refractivity (Wildman–Crippen MR) is 206 cm³/mol. The molecule has 0 aliphatic rings. The maximum Gasteiger partial charge on any atom is 0.211 e. The molecule has 0 aromatic heterocycles. The van der Waals surface area contributed by atoms with Gasteiger partial charge in [-0.25, -0.2) is 26.3 Å². The van der Waals surface area contributed by atoms with Crippen molar-refractivity contribution in [3.05, 3.63) is 0 Å². The Kier molecular flexibility index (Phi) is 38.8. The lowest BCUT2D eigenvalue weighted by molar-refractivity contribution is 0.535. The van der Waals surface area contributed by atoms with Gasteiger partial charge in [-0.1, -0.05) is 90.9 Å². The molecule has 0 aromatic carbocycles. The molecule has 0 fully saturated rings. The molecule has 0 aliphatic carbocycles. The lowest BCUT2D eigenvalue weighted by Crippen LogP contribution is -2.30. The van der Waals surface area contributed by atoms with Crippen LogP contribution in [0.1, 0.15) is 142 Å². The average molecular weight is 734 g/mol. The Morgan fingerprint density at radius 3 is 0.915 bits per heavy atom. The molecule has 0 amide bonds. The second kappa shape index (κ2) is 37.2. The van der Waals surface area contributed by atoms with E-state index in [1.807, 2.05) is 0 Å². The van der Waals surface area contributed by atoms with E-state index in [-0.39, 0.29) is 23.9 Å². The van der Waals surface area contributed by atoms with Crippen LogP contribution in [-0.4, -0.2) is 93.8 Å². The highest BCUT2D eigenvalue weighted by molar-refractivity contribution is 7.89. The maximum absolute atomic E-state index is 12.0. The molecule has 0 aromatic rings. The first-order chi connectivity index (χ1) is 22.3. The number of nitrogens with one attached hydrogen (secondary N) is 6. The highest BCUT2D eigenvalue weighted by Crippen LogP contribution is 2.07. The van der Waals surface area contributed by atoms with E-state index in [1.165, 1.54) is 64.2 Å². The summed E-state index contributed by atoms with van der Waals surface area (Å²) in [6, 6.07) is 0. The lowest BCUT2D eigenvalue weighted by atomic mass is 10.1. The van der Waals surface area contributed by atoms with E-state index in [1.54, 1.807) is 0 Å². The fourth-order valence-electron chi connectivity index (χ4n) is 5.20. The molecule has 0 unspecified atom stereocenters. The minimum absolute atomic E-state index is 0. The highest BCUT2D eigenvalue weighted by Gasteiger charge is 2.09. The van der Waals surface area contributed by atoms with Crippen molar-refractivity contribution in [1.29, 1.82) is 0 Å². The van der Waals surface area contributed by atoms with Gasteiger partial charge in [-0.05, 0) is 104 Å². The summed E-state index contributed by atoms with van der Waals surface area (Å²) in [4.78, 5) is 0. The molecule has 0 atom stereocenters. The van der Waals surface area contributed by atoms with Crippen LogP contribution in [0, 0.1) is 0 Å². The van der Waals surface area contributed by atoms with E-state index < -0.39 is 20.0 Å². The highest BCUT2D eigenvalue weighted by atomic mass is 35.5. The summed E-state index contributed by atoms with van der Waals surface area (Å²) in [5.41, 5.74) is 0. The third kappa shape index (κ3) is 40.3. The van der Waals surface area contributed by atoms with Crippen molar-refractivity contribution in [3.8, 4) is 0 Å². The molecule has 10 nitrogen and oxygen atoms in total. The Hall–Kier alpha value is -0.0500. The molecular formula is C34H77ClN6O4S2. The normalized spacial score (nSPS) is 12.0. The second-order valence-corrected chi connectivity index (χ2v) is 16.6. The fraction of sp³-hybridized carbons (Fsp3) is 1.00. The molecule has 0 heterocycles. The van der Waals surface area contributed by atoms with Gasteiger partial charge in [0, 0.05) is 13.1 Å². The molecule has 286 valence electrons. The van der Waals surface area contributed by atoms with Crippen LogP contribution >= 0.6 is 12.4 Å². The molecule has 0 rings (SSSR count).